The summed E-state index contributed by atoms with van der Waals surface area (Å²) in [5.74, 6) is 0. The van der Waals surface area contributed by atoms with Gasteiger partial charge in [0.05, 0.1) is 6.54 Å². The summed E-state index contributed by atoms with van der Waals surface area (Å²) in [7, 11) is 1.80. The minimum atomic E-state index is -0.000641. The lowest BCUT2D eigenvalue weighted by Crippen LogP contribution is -2.19. The van der Waals surface area contributed by atoms with Crippen LogP contribution in [0.2, 0.25) is 0 Å². The van der Waals surface area contributed by atoms with Crippen LogP contribution in [0.15, 0.2) is 41.3 Å². The monoisotopic (exact) mass is 272 g/mol. The number of nitrogens with one attached hydrogen (secondary N) is 1. The Morgan fingerprint density at radius 1 is 1.26 bits per heavy atom. The molecule has 0 aliphatic carbocycles. The molecule has 0 aliphatic rings. The van der Waals surface area contributed by atoms with E-state index in [0.717, 1.165) is 20.9 Å². The van der Waals surface area contributed by atoms with E-state index in [-0.39, 0.29) is 5.56 Å². The molecule has 5 nitrogen and oxygen atoms in total. The van der Waals surface area contributed by atoms with Crippen molar-refractivity contribution in [3.05, 3.63) is 51.9 Å². The lowest BCUT2D eigenvalue weighted by molar-refractivity contribution is 0.751. The maximum absolute atomic E-state index is 12.3. The third-order valence-corrected chi connectivity index (χ3v) is 3.80. The normalized spacial score (nSPS) is 10.8. The third kappa shape index (κ3) is 2.22. The third-order valence-electron chi connectivity index (χ3n) is 2.87. The minimum absolute atomic E-state index is 0.000641. The highest BCUT2D eigenvalue weighted by Gasteiger charge is 2.06. The predicted molar refractivity (Wildman–Crippen MR) is 76.8 cm³/mol. The predicted octanol–water partition coefficient (Wildman–Crippen LogP) is 1.94. The van der Waals surface area contributed by atoms with Crippen LogP contribution in [0.3, 0.4) is 0 Å². The van der Waals surface area contributed by atoms with Crippen molar-refractivity contribution in [2.24, 2.45) is 0 Å². The molecule has 0 radical (unpaired) electrons. The zero-order chi connectivity index (χ0) is 13.2. The number of hydrogen-bond acceptors (Lipinski definition) is 5. The van der Waals surface area contributed by atoms with Gasteiger partial charge in [0, 0.05) is 18.6 Å². The lowest BCUT2D eigenvalue weighted by Gasteiger charge is -2.04. The molecule has 0 aliphatic heterocycles. The van der Waals surface area contributed by atoms with E-state index in [1.165, 1.54) is 11.3 Å². The van der Waals surface area contributed by atoms with E-state index in [1.807, 2.05) is 30.3 Å². The number of anilines is 1. The Kier molecular flexibility index (Phi) is 3.00. The van der Waals surface area contributed by atoms with Gasteiger partial charge in [-0.15, -0.1) is 10.2 Å². The van der Waals surface area contributed by atoms with Crippen LogP contribution < -0.4 is 10.9 Å². The molecular formula is C13H12N4OS. The number of rotatable bonds is 3. The molecule has 19 heavy (non-hydrogen) atoms. The molecule has 6 heteroatoms. The topological polar surface area (TPSA) is 59.8 Å². The number of fused-ring (bicyclic) bond motifs is 1. The number of nitrogens with zero attached hydrogens (tertiary/aromatic N) is 3. The van der Waals surface area contributed by atoms with Crippen LogP contribution in [0.25, 0.3) is 10.8 Å². The number of benzene rings is 1. The Balaban J connectivity index is 2.01. The molecule has 0 bridgehead atoms. The first-order chi connectivity index (χ1) is 9.28. The fourth-order valence-corrected chi connectivity index (χ4v) is 2.61. The van der Waals surface area contributed by atoms with Crippen molar-refractivity contribution in [3.63, 3.8) is 0 Å². The second-order valence-electron chi connectivity index (χ2n) is 4.09. The molecule has 1 aromatic carbocycles. The fourth-order valence-electron chi connectivity index (χ4n) is 1.92. The van der Waals surface area contributed by atoms with Crippen LogP contribution in [0.4, 0.5) is 5.13 Å². The number of aromatic nitrogens is 3. The smallest absolute Gasteiger partial charge is 0.258 e. The van der Waals surface area contributed by atoms with Crippen LogP contribution in [0, 0.1) is 0 Å². The summed E-state index contributed by atoms with van der Waals surface area (Å²) in [4.78, 5) is 12.3. The first kappa shape index (κ1) is 11.9. The standard InChI is InChI=1S/C13H12N4OS/c1-14-13-16-15-11(19-13)8-17-7-6-9-4-2-3-5-10(9)12(17)18/h2-7H,8H2,1H3,(H,14,16). The van der Waals surface area contributed by atoms with Crippen LogP contribution in [0.1, 0.15) is 5.01 Å². The molecular weight excluding hydrogens is 260 g/mol. The average molecular weight is 272 g/mol. The molecule has 0 fully saturated rings. The summed E-state index contributed by atoms with van der Waals surface area (Å²) >= 11 is 1.45. The molecule has 0 spiro atoms. The number of pyridine rings is 1. The van der Waals surface area contributed by atoms with Crippen molar-refractivity contribution < 1.29 is 0 Å². The van der Waals surface area contributed by atoms with Crippen LogP contribution >= 0.6 is 11.3 Å². The second-order valence-corrected chi connectivity index (χ2v) is 5.15. The Morgan fingerprint density at radius 2 is 2.11 bits per heavy atom. The Labute approximate surface area is 113 Å². The largest absolute Gasteiger partial charge is 0.363 e. The van der Waals surface area contributed by atoms with E-state index >= 15 is 0 Å². The summed E-state index contributed by atoms with van der Waals surface area (Å²) in [6.07, 6.45) is 1.80. The highest BCUT2D eigenvalue weighted by Crippen LogP contribution is 2.15. The van der Waals surface area contributed by atoms with E-state index in [2.05, 4.69) is 15.5 Å². The van der Waals surface area contributed by atoms with Gasteiger partial charge in [0.25, 0.3) is 5.56 Å². The molecule has 96 valence electrons. The zero-order valence-corrected chi connectivity index (χ0v) is 11.1. The van der Waals surface area contributed by atoms with E-state index in [4.69, 9.17) is 0 Å². The maximum atomic E-state index is 12.3. The summed E-state index contributed by atoms with van der Waals surface area (Å²) in [5.41, 5.74) is -0.000641. The molecule has 1 N–H and O–H groups in total. The van der Waals surface area contributed by atoms with E-state index in [1.54, 1.807) is 17.8 Å². The van der Waals surface area contributed by atoms with Crippen LogP contribution in [-0.2, 0) is 6.54 Å². The molecule has 0 unspecified atom stereocenters. The maximum Gasteiger partial charge on any atom is 0.258 e. The van der Waals surface area contributed by atoms with Gasteiger partial charge in [0.1, 0.15) is 5.01 Å². The summed E-state index contributed by atoms with van der Waals surface area (Å²) < 4.78 is 1.66. The Hall–Kier alpha value is -2.21. The molecule has 0 amide bonds. The first-order valence-electron chi connectivity index (χ1n) is 5.86. The Morgan fingerprint density at radius 3 is 2.89 bits per heavy atom. The second kappa shape index (κ2) is 4.81. The van der Waals surface area contributed by atoms with E-state index in [9.17, 15) is 4.79 Å². The van der Waals surface area contributed by atoms with Crippen molar-refractivity contribution in [3.8, 4) is 0 Å². The van der Waals surface area contributed by atoms with Crippen molar-refractivity contribution in [1.29, 1.82) is 0 Å². The molecule has 2 aromatic heterocycles. The fraction of sp³-hybridized carbons (Fsp3) is 0.154. The van der Waals surface area contributed by atoms with Crippen molar-refractivity contribution in [2.45, 2.75) is 6.54 Å². The molecule has 3 rings (SSSR count). The molecule has 0 saturated carbocycles. The minimum Gasteiger partial charge on any atom is -0.363 e. The van der Waals surface area contributed by atoms with Crippen LogP contribution in [0.5, 0.6) is 0 Å². The van der Waals surface area contributed by atoms with Crippen LogP contribution in [-0.4, -0.2) is 21.8 Å². The van der Waals surface area contributed by atoms with Gasteiger partial charge >= 0.3 is 0 Å². The zero-order valence-electron chi connectivity index (χ0n) is 10.3. The van der Waals surface area contributed by atoms with Gasteiger partial charge in [0.2, 0.25) is 5.13 Å². The quantitative estimate of drug-likeness (QED) is 0.791. The molecule has 3 aromatic rings. The van der Waals surface area contributed by atoms with E-state index < -0.39 is 0 Å². The highest BCUT2D eigenvalue weighted by atomic mass is 32.1. The molecule has 2 heterocycles. The van der Waals surface area contributed by atoms with Gasteiger partial charge in [0.15, 0.2) is 0 Å². The van der Waals surface area contributed by atoms with Gasteiger partial charge in [-0.1, -0.05) is 29.5 Å². The molecule has 0 atom stereocenters. The lowest BCUT2D eigenvalue weighted by atomic mass is 10.2. The highest BCUT2D eigenvalue weighted by molar-refractivity contribution is 7.15. The van der Waals surface area contributed by atoms with Crippen molar-refractivity contribution >= 4 is 27.2 Å². The van der Waals surface area contributed by atoms with Crippen molar-refractivity contribution in [2.75, 3.05) is 12.4 Å². The van der Waals surface area contributed by atoms with Gasteiger partial charge in [-0.2, -0.15) is 0 Å². The SMILES string of the molecule is CNc1nnc(Cn2ccc3ccccc3c2=O)s1. The Bertz CT molecular complexity index is 777. The van der Waals surface area contributed by atoms with Gasteiger partial charge < -0.3 is 9.88 Å². The number of hydrogen-bond donors (Lipinski definition) is 1. The molecule has 0 saturated heterocycles. The summed E-state index contributed by atoms with van der Waals surface area (Å²) in [6, 6.07) is 9.52. The van der Waals surface area contributed by atoms with Gasteiger partial charge in [-0.25, -0.2) is 0 Å². The summed E-state index contributed by atoms with van der Waals surface area (Å²) in [5, 5.41) is 14.2. The average Bonchev–Trinajstić information content (AvgIpc) is 2.90. The van der Waals surface area contributed by atoms with Gasteiger partial charge in [-0.05, 0) is 17.5 Å². The first-order valence-corrected chi connectivity index (χ1v) is 6.68. The van der Waals surface area contributed by atoms with E-state index in [0.29, 0.717) is 6.54 Å². The summed E-state index contributed by atoms with van der Waals surface area (Å²) in [6.45, 7) is 0.447. The van der Waals surface area contributed by atoms with Crippen molar-refractivity contribution in [1.82, 2.24) is 14.8 Å². The van der Waals surface area contributed by atoms with Gasteiger partial charge in [-0.3, -0.25) is 4.79 Å².